The maximum Gasteiger partial charge on any atom is 0.255 e. The highest BCUT2D eigenvalue weighted by atomic mass is 16.5. The van der Waals surface area contributed by atoms with Crippen LogP contribution in [-0.2, 0) is 4.79 Å². The lowest BCUT2D eigenvalue weighted by Crippen LogP contribution is -2.31. The van der Waals surface area contributed by atoms with Crippen LogP contribution in [0.2, 0.25) is 0 Å². The third-order valence-corrected chi connectivity index (χ3v) is 6.17. The Morgan fingerprint density at radius 1 is 1.11 bits per heavy atom. The molecule has 0 saturated carbocycles. The van der Waals surface area contributed by atoms with Gasteiger partial charge in [0.05, 0.1) is 24.1 Å². The summed E-state index contributed by atoms with van der Waals surface area (Å²) >= 11 is 0. The molecule has 4 aromatic rings. The highest BCUT2D eigenvalue weighted by Crippen LogP contribution is 2.37. The second-order valence-electron chi connectivity index (χ2n) is 8.91. The first-order valence-corrected chi connectivity index (χ1v) is 12.1. The second kappa shape index (κ2) is 10.1. The van der Waals surface area contributed by atoms with E-state index >= 15 is 0 Å². The van der Waals surface area contributed by atoms with E-state index in [-0.39, 0.29) is 5.91 Å². The van der Waals surface area contributed by atoms with Crippen LogP contribution in [0, 0.1) is 0 Å². The van der Waals surface area contributed by atoms with E-state index in [1.54, 1.807) is 29.2 Å². The van der Waals surface area contributed by atoms with Gasteiger partial charge in [-0.3, -0.25) is 9.78 Å². The van der Waals surface area contributed by atoms with Crippen LogP contribution in [0.3, 0.4) is 0 Å². The number of hydrogen-bond acceptors (Lipinski definition) is 7. The quantitative estimate of drug-likeness (QED) is 0.382. The van der Waals surface area contributed by atoms with E-state index in [4.69, 9.17) is 14.8 Å². The molecule has 188 valence electrons. The van der Waals surface area contributed by atoms with E-state index in [1.165, 1.54) is 0 Å². The fourth-order valence-electron chi connectivity index (χ4n) is 4.33. The molecule has 2 aromatic carbocycles. The minimum absolute atomic E-state index is 0.241. The Labute approximate surface area is 215 Å². The SMILES string of the molecule is CCOc1ccc(C2C(C(=O)Nc3cccnc3)=C(C)Nc3nc(-c4ccc(N(C)C)cc4)nn32)cc1. The summed E-state index contributed by atoms with van der Waals surface area (Å²) in [7, 11) is 4.00. The molecule has 0 saturated heterocycles. The predicted molar refractivity (Wildman–Crippen MR) is 145 cm³/mol. The number of carbonyl (C=O) groups is 1. The summed E-state index contributed by atoms with van der Waals surface area (Å²) in [6.45, 7) is 4.40. The van der Waals surface area contributed by atoms with Crippen molar-refractivity contribution in [2.24, 2.45) is 0 Å². The van der Waals surface area contributed by atoms with Crippen LogP contribution in [0.25, 0.3) is 11.4 Å². The van der Waals surface area contributed by atoms with E-state index in [2.05, 4.69) is 15.6 Å². The molecule has 9 heteroatoms. The van der Waals surface area contributed by atoms with Crippen LogP contribution < -0.4 is 20.3 Å². The van der Waals surface area contributed by atoms with Gasteiger partial charge in [0.15, 0.2) is 5.82 Å². The van der Waals surface area contributed by atoms with Gasteiger partial charge in [-0.15, -0.1) is 5.10 Å². The Morgan fingerprint density at radius 3 is 2.51 bits per heavy atom. The first-order valence-electron chi connectivity index (χ1n) is 12.1. The summed E-state index contributed by atoms with van der Waals surface area (Å²) in [6, 6.07) is 18.9. The number of rotatable bonds is 7. The number of nitrogens with one attached hydrogen (secondary N) is 2. The van der Waals surface area contributed by atoms with Crippen LogP contribution in [0.5, 0.6) is 5.75 Å². The Balaban J connectivity index is 1.56. The summed E-state index contributed by atoms with van der Waals surface area (Å²) in [5.74, 6) is 1.67. The zero-order chi connectivity index (χ0) is 25.9. The Kier molecular flexibility index (Phi) is 6.59. The predicted octanol–water partition coefficient (Wildman–Crippen LogP) is 4.73. The molecule has 0 radical (unpaired) electrons. The summed E-state index contributed by atoms with van der Waals surface area (Å²) in [6.07, 6.45) is 3.28. The molecule has 1 amide bonds. The van der Waals surface area contributed by atoms with Crippen molar-refractivity contribution in [2.45, 2.75) is 19.9 Å². The lowest BCUT2D eigenvalue weighted by atomic mass is 9.95. The molecule has 0 aliphatic carbocycles. The highest BCUT2D eigenvalue weighted by molar-refractivity contribution is 6.06. The lowest BCUT2D eigenvalue weighted by Gasteiger charge is -2.28. The number of amides is 1. The maximum atomic E-state index is 13.6. The smallest absolute Gasteiger partial charge is 0.255 e. The average Bonchev–Trinajstić information content (AvgIpc) is 3.33. The molecule has 0 fully saturated rings. The number of allylic oxidation sites excluding steroid dienone is 1. The van der Waals surface area contributed by atoms with Crippen LogP contribution >= 0.6 is 0 Å². The number of carbonyl (C=O) groups excluding carboxylic acids is 1. The monoisotopic (exact) mass is 495 g/mol. The topological polar surface area (TPSA) is 97.2 Å². The van der Waals surface area contributed by atoms with Gasteiger partial charge < -0.3 is 20.3 Å². The number of aromatic nitrogens is 4. The van der Waals surface area contributed by atoms with Crippen molar-refractivity contribution in [3.63, 3.8) is 0 Å². The van der Waals surface area contributed by atoms with Crippen molar-refractivity contribution in [3.8, 4) is 17.1 Å². The summed E-state index contributed by atoms with van der Waals surface area (Å²) < 4.78 is 7.41. The van der Waals surface area contributed by atoms with Crippen LogP contribution in [0.15, 0.2) is 84.3 Å². The number of ether oxygens (including phenoxy) is 1. The van der Waals surface area contributed by atoms with Gasteiger partial charge in [0.2, 0.25) is 5.95 Å². The molecule has 37 heavy (non-hydrogen) atoms. The van der Waals surface area contributed by atoms with E-state index in [0.29, 0.717) is 35.3 Å². The summed E-state index contributed by atoms with van der Waals surface area (Å²) in [5, 5.41) is 11.1. The fourth-order valence-corrected chi connectivity index (χ4v) is 4.33. The van der Waals surface area contributed by atoms with Crippen LogP contribution in [0.4, 0.5) is 17.3 Å². The first-order chi connectivity index (χ1) is 17.9. The van der Waals surface area contributed by atoms with Gasteiger partial charge in [-0.05, 0) is 67.9 Å². The molecular weight excluding hydrogens is 466 g/mol. The molecule has 9 nitrogen and oxygen atoms in total. The van der Waals surface area contributed by atoms with Gasteiger partial charge in [-0.2, -0.15) is 4.98 Å². The Morgan fingerprint density at radius 2 is 1.86 bits per heavy atom. The molecular formula is C28H29N7O2. The first kappa shape index (κ1) is 24.1. The van der Waals surface area contributed by atoms with E-state index < -0.39 is 6.04 Å². The number of fused-ring (bicyclic) bond motifs is 1. The van der Waals surface area contributed by atoms with E-state index in [0.717, 1.165) is 22.6 Å². The zero-order valence-corrected chi connectivity index (χ0v) is 21.3. The molecule has 1 aliphatic heterocycles. The summed E-state index contributed by atoms with van der Waals surface area (Å²) in [4.78, 5) is 24.5. The largest absolute Gasteiger partial charge is 0.494 e. The van der Waals surface area contributed by atoms with Gasteiger partial charge >= 0.3 is 0 Å². The Bertz CT molecular complexity index is 1430. The molecule has 1 unspecified atom stereocenters. The van der Waals surface area contributed by atoms with Gasteiger partial charge in [0, 0.05) is 37.2 Å². The average molecular weight is 496 g/mol. The third-order valence-electron chi connectivity index (χ3n) is 6.17. The molecule has 1 atom stereocenters. The third kappa shape index (κ3) is 4.88. The molecule has 0 bridgehead atoms. The van der Waals surface area contributed by atoms with E-state index in [1.807, 2.05) is 81.4 Å². The van der Waals surface area contributed by atoms with Crippen molar-refractivity contribution >= 4 is 23.2 Å². The Hall–Kier alpha value is -4.66. The van der Waals surface area contributed by atoms with Gasteiger partial charge in [-0.25, -0.2) is 4.68 Å². The van der Waals surface area contributed by atoms with E-state index in [9.17, 15) is 4.79 Å². The van der Waals surface area contributed by atoms with Crippen molar-refractivity contribution < 1.29 is 9.53 Å². The highest BCUT2D eigenvalue weighted by Gasteiger charge is 2.34. The zero-order valence-electron chi connectivity index (χ0n) is 21.3. The normalized spacial score (nSPS) is 14.5. The molecule has 1 aliphatic rings. The van der Waals surface area contributed by atoms with Gasteiger partial charge in [0.25, 0.3) is 5.91 Å². The van der Waals surface area contributed by atoms with Crippen molar-refractivity contribution in [3.05, 3.63) is 89.9 Å². The number of hydrogen-bond donors (Lipinski definition) is 2. The second-order valence-corrected chi connectivity index (χ2v) is 8.91. The minimum Gasteiger partial charge on any atom is -0.494 e. The molecule has 3 heterocycles. The number of benzene rings is 2. The molecule has 0 spiro atoms. The standard InChI is InChI=1S/C28H29N7O2/c1-5-37-23-14-10-19(11-15-23)25-24(27(36)31-21-7-6-16-29-17-21)18(2)30-28-32-26(33-35(25)28)20-8-12-22(13-9-20)34(3)4/h6-17,25H,5H2,1-4H3,(H,31,36)(H,30,32,33). The van der Waals surface area contributed by atoms with Crippen molar-refractivity contribution in [1.82, 2.24) is 19.7 Å². The maximum absolute atomic E-state index is 13.6. The van der Waals surface area contributed by atoms with Crippen LogP contribution in [-0.4, -0.2) is 46.4 Å². The molecule has 5 rings (SSSR count). The number of anilines is 3. The van der Waals surface area contributed by atoms with Crippen LogP contribution in [0.1, 0.15) is 25.5 Å². The van der Waals surface area contributed by atoms with Gasteiger partial charge in [-0.1, -0.05) is 12.1 Å². The van der Waals surface area contributed by atoms with Crippen molar-refractivity contribution in [1.29, 1.82) is 0 Å². The lowest BCUT2D eigenvalue weighted by molar-refractivity contribution is -0.113. The fraction of sp³-hybridized carbons (Fsp3) is 0.214. The van der Waals surface area contributed by atoms with Crippen molar-refractivity contribution in [2.75, 3.05) is 36.2 Å². The number of nitrogens with zero attached hydrogens (tertiary/aromatic N) is 5. The molecule has 2 aromatic heterocycles. The number of pyridine rings is 1. The summed E-state index contributed by atoms with van der Waals surface area (Å²) in [5.41, 5.74) is 4.73. The minimum atomic E-state index is -0.495. The molecule has 2 N–H and O–H groups in total. The van der Waals surface area contributed by atoms with Gasteiger partial charge in [0.1, 0.15) is 11.8 Å².